The number of ether oxygens (including phenoxy) is 3. The molecule has 0 bridgehead atoms. The third-order valence-corrected chi connectivity index (χ3v) is 5.15. The summed E-state index contributed by atoms with van der Waals surface area (Å²) in [6.45, 7) is -0.656. The van der Waals surface area contributed by atoms with Crippen molar-refractivity contribution in [2.75, 3.05) is 13.7 Å². The van der Waals surface area contributed by atoms with Crippen LogP contribution in [0.15, 0.2) is 33.5 Å². The maximum atomic E-state index is 13.0. The summed E-state index contributed by atoms with van der Waals surface area (Å²) >= 11 is 0. The zero-order valence-electron chi connectivity index (χ0n) is 16.1. The topological polar surface area (TPSA) is 179 Å². The summed E-state index contributed by atoms with van der Waals surface area (Å²) in [5.74, 6) is -0.777. The van der Waals surface area contributed by atoms with Gasteiger partial charge in [-0.3, -0.25) is 4.79 Å². The molecule has 0 amide bonds. The molecule has 6 N–H and O–H groups in total. The van der Waals surface area contributed by atoms with Gasteiger partial charge in [-0.15, -0.1) is 0 Å². The summed E-state index contributed by atoms with van der Waals surface area (Å²) in [6, 6.07) is 4.96. The smallest absolute Gasteiger partial charge is 0.229 e. The fourth-order valence-electron chi connectivity index (χ4n) is 3.47. The van der Waals surface area contributed by atoms with E-state index in [4.69, 9.17) is 18.6 Å². The quantitative estimate of drug-likeness (QED) is 0.292. The molecule has 1 aromatic heterocycles. The Morgan fingerprint density at radius 3 is 2.42 bits per heavy atom. The third-order valence-electron chi connectivity index (χ3n) is 5.15. The van der Waals surface area contributed by atoms with Gasteiger partial charge in [-0.2, -0.15) is 0 Å². The minimum atomic E-state index is -1.70. The van der Waals surface area contributed by atoms with Gasteiger partial charge in [-0.05, 0) is 18.2 Å². The van der Waals surface area contributed by atoms with Crippen LogP contribution in [-0.2, 0) is 4.74 Å². The first-order valence-corrected chi connectivity index (χ1v) is 9.23. The van der Waals surface area contributed by atoms with Crippen molar-refractivity contribution >= 4 is 21.9 Å². The van der Waals surface area contributed by atoms with E-state index >= 15 is 0 Å². The Morgan fingerprint density at radius 2 is 1.74 bits per heavy atom. The Labute approximate surface area is 173 Å². The van der Waals surface area contributed by atoms with Crippen molar-refractivity contribution < 1.29 is 49.3 Å². The second-order valence-corrected chi connectivity index (χ2v) is 7.06. The molecular formula is C20H20O11. The van der Waals surface area contributed by atoms with Crippen LogP contribution in [0.4, 0.5) is 0 Å². The van der Waals surface area contributed by atoms with Gasteiger partial charge in [0.25, 0.3) is 0 Å². The molecule has 3 aromatic rings. The molecule has 11 nitrogen and oxygen atoms in total. The van der Waals surface area contributed by atoms with Crippen LogP contribution in [0.5, 0.6) is 23.0 Å². The van der Waals surface area contributed by atoms with E-state index < -0.39 is 54.2 Å². The number of phenolic OH excluding ortho intramolecular Hbond substituents is 2. The zero-order chi connectivity index (χ0) is 22.4. The minimum Gasteiger partial charge on any atom is -0.507 e. The van der Waals surface area contributed by atoms with Crippen molar-refractivity contribution in [1.82, 2.24) is 0 Å². The van der Waals surface area contributed by atoms with Crippen LogP contribution in [-0.4, -0.2) is 75.1 Å². The lowest BCUT2D eigenvalue weighted by molar-refractivity contribution is -0.277. The average molecular weight is 436 g/mol. The van der Waals surface area contributed by atoms with Crippen molar-refractivity contribution in [3.8, 4) is 23.0 Å². The Morgan fingerprint density at radius 1 is 1.00 bits per heavy atom. The molecule has 11 heteroatoms. The molecule has 0 saturated carbocycles. The van der Waals surface area contributed by atoms with Gasteiger partial charge >= 0.3 is 0 Å². The van der Waals surface area contributed by atoms with Gasteiger partial charge in [0.15, 0.2) is 22.7 Å². The van der Waals surface area contributed by atoms with Gasteiger partial charge < -0.3 is 49.3 Å². The number of rotatable bonds is 4. The lowest BCUT2D eigenvalue weighted by Crippen LogP contribution is -2.60. The highest BCUT2D eigenvalue weighted by Gasteiger charge is 2.45. The molecule has 5 atom stereocenters. The first kappa shape index (κ1) is 21.2. The summed E-state index contributed by atoms with van der Waals surface area (Å²) in [4.78, 5) is 13.0. The maximum absolute atomic E-state index is 13.0. The number of aliphatic hydroxyl groups excluding tert-OH is 4. The van der Waals surface area contributed by atoms with Crippen LogP contribution in [0.1, 0.15) is 0 Å². The first-order chi connectivity index (χ1) is 14.8. The van der Waals surface area contributed by atoms with Gasteiger partial charge in [0.2, 0.25) is 11.7 Å². The molecule has 1 saturated heterocycles. The van der Waals surface area contributed by atoms with Gasteiger partial charge in [-0.25, -0.2) is 0 Å². The van der Waals surface area contributed by atoms with E-state index in [1.165, 1.54) is 25.3 Å². The monoisotopic (exact) mass is 436 g/mol. The van der Waals surface area contributed by atoms with E-state index in [0.717, 1.165) is 6.07 Å². The number of hydrogen-bond acceptors (Lipinski definition) is 11. The predicted molar refractivity (Wildman–Crippen MR) is 104 cm³/mol. The van der Waals surface area contributed by atoms with Gasteiger partial charge in [-0.1, -0.05) is 0 Å². The highest BCUT2D eigenvalue weighted by atomic mass is 16.7. The molecule has 2 heterocycles. The van der Waals surface area contributed by atoms with Crippen molar-refractivity contribution in [3.63, 3.8) is 0 Å². The molecule has 0 aliphatic carbocycles. The van der Waals surface area contributed by atoms with Crippen molar-refractivity contribution in [2.24, 2.45) is 0 Å². The van der Waals surface area contributed by atoms with Gasteiger partial charge in [0, 0.05) is 6.07 Å². The summed E-state index contributed by atoms with van der Waals surface area (Å²) in [6.07, 6.45) is -7.72. The molecule has 0 spiro atoms. The van der Waals surface area contributed by atoms with Crippen molar-refractivity contribution in [2.45, 2.75) is 30.7 Å². The number of methoxy groups -OCH3 is 1. The molecule has 166 valence electrons. The summed E-state index contributed by atoms with van der Waals surface area (Å²) in [7, 11) is 1.35. The van der Waals surface area contributed by atoms with E-state index in [-0.39, 0.29) is 33.4 Å². The fourth-order valence-corrected chi connectivity index (χ4v) is 3.47. The fraction of sp³-hybridized carbons (Fsp3) is 0.350. The molecule has 1 aliphatic rings. The first-order valence-electron chi connectivity index (χ1n) is 9.23. The molecule has 31 heavy (non-hydrogen) atoms. The Bertz CT molecular complexity index is 1190. The molecule has 1 aliphatic heterocycles. The second kappa shape index (κ2) is 7.87. The molecule has 0 radical (unpaired) electrons. The standard InChI is InChI=1S/C20H20O11/c1-28-7-4-8-14(24)13-9(22)2-3-11(19(13)31-18(8)10(23)5-7)29-20-17(27)16(26)15(25)12(6-21)30-20/h2-5,12,15-17,20-23,25-27H,6H2,1H3/t12-,15-,16+,17-,20-/m1/s1. The normalized spacial score (nSPS) is 26.3. The lowest BCUT2D eigenvalue weighted by atomic mass is 9.99. The Kier molecular flexibility index (Phi) is 5.37. The van der Waals surface area contributed by atoms with Crippen molar-refractivity contribution in [3.05, 3.63) is 34.5 Å². The third kappa shape index (κ3) is 3.42. The highest BCUT2D eigenvalue weighted by Crippen LogP contribution is 2.38. The number of aromatic hydroxyl groups is 2. The number of aliphatic hydroxyl groups is 4. The summed E-state index contributed by atoms with van der Waals surface area (Å²) in [5, 5.41) is 59.6. The van der Waals surface area contributed by atoms with Crippen LogP contribution >= 0.6 is 0 Å². The van der Waals surface area contributed by atoms with E-state index in [0.29, 0.717) is 0 Å². The predicted octanol–water partition coefficient (Wildman–Crippen LogP) is -0.455. The van der Waals surface area contributed by atoms with Gasteiger partial charge in [0.1, 0.15) is 41.3 Å². The van der Waals surface area contributed by atoms with Crippen LogP contribution < -0.4 is 14.9 Å². The average Bonchev–Trinajstić information content (AvgIpc) is 2.76. The minimum absolute atomic E-state index is 0.0513. The SMILES string of the molecule is COc1cc(O)c2oc3c(O[C@@H]4O[C@H](CO)[C@@H](O)[C@H](O)[C@H]4O)ccc(O)c3c(=O)c2c1. The highest BCUT2D eigenvalue weighted by molar-refractivity contribution is 5.97. The van der Waals surface area contributed by atoms with Crippen LogP contribution in [0, 0.1) is 0 Å². The van der Waals surface area contributed by atoms with Crippen LogP contribution in [0.25, 0.3) is 21.9 Å². The number of phenols is 2. The number of fused-ring (bicyclic) bond motifs is 2. The number of benzene rings is 2. The Hall–Kier alpha value is -3.09. The van der Waals surface area contributed by atoms with E-state index in [1.54, 1.807) is 0 Å². The second-order valence-electron chi connectivity index (χ2n) is 7.06. The largest absolute Gasteiger partial charge is 0.507 e. The number of hydrogen-bond donors (Lipinski definition) is 6. The van der Waals surface area contributed by atoms with E-state index in [1.807, 2.05) is 0 Å². The molecule has 0 unspecified atom stereocenters. The van der Waals surface area contributed by atoms with E-state index in [9.17, 15) is 35.4 Å². The van der Waals surface area contributed by atoms with Gasteiger partial charge in [0.05, 0.1) is 19.1 Å². The summed E-state index contributed by atoms with van der Waals surface area (Å²) < 4.78 is 21.6. The van der Waals surface area contributed by atoms with Crippen LogP contribution in [0.3, 0.4) is 0 Å². The zero-order valence-corrected chi connectivity index (χ0v) is 16.1. The summed E-state index contributed by atoms with van der Waals surface area (Å²) in [5.41, 5.74) is -1.13. The maximum Gasteiger partial charge on any atom is 0.229 e. The Balaban J connectivity index is 1.86. The molecule has 4 rings (SSSR count). The van der Waals surface area contributed by atoms with E-state index in [2.05, 4.69) is 0 Å². The molecular weight excluding hydrogens is 416 g/mol. The molecule has 2 aromatic carbocycles. The molecule has 1 fully saturated rings. The lowest BCUT2D eigenvalue weighted by Gasteiger charge is -2.39. The van der Waals surface area contributed by atoms with Crippen LogP contribution in [0.2, 0.25) is 0 Å². The van der Waals surface area contributed by atoms with Crippen molar-refractivity contribution in [1.29, 1.82) is 0 Å².